The lowest BCUT2D eigenvalue weighted by molar-refractivity contribution is 0.388. The van der Waals surface area contributed by atoms with Gasteiger partial charge in [0.15, 0.2) is 0 Å². The van der Waals surface area contributed by atoms with E-state index in [9.17, 15) is 19.4 Å². The molecule has 0 aromatic rings. The molecule has 110 valence electrons. The second-order valence-corrected chi connectivity index (χ2v) is 13.2. The van der Waals surface area contributed by atoms with E-state index in [1.54, 1.807) is 13.8 Å². The van der Waals surface area contributed by atoms with E-state index in [1.165, 1.54) is 0 Å². The van der Waals surface area contributed by atoms with E-state index >= 15 is 0 Å². The maximum Gasteiger partial charge on any atom is 0.345 e. The van der Waals surface area contributed by atoms with Crippen LogP contribution in [0.1, 0.15) is 41.5 Å². The highest BCUT2D eigenvalue weighted by Crippen LogP contribution is 2.97. The molecule has 0 saturated carbocycles. The molecule has 0 fully saturated rings. The molecule has 0 heterocycles. The van der Waals surface area contributed by atoms with Crippen LogP contribution in [-0.2, 0) is 0 Å². The number of halogens is 5. The summed E-state index contributed by atoms with van der Waals surface area (Å²) in [4.78, 5) is 0. The second-order valence-electron chi connectivity index (χ2n) is 5.93. The van der Waals surface area contributed by atoms with Gasteiger partial charge in [-0.05, 0) is 0 Å². The molecule has 0 aromatic heterocycles. The van der Waals surface area contributed by atoms with Crippen LogP contribution in [0.2, 0.25) is 16.1 Å². The largest absolute Gasteiger partial charge is 0.345 e. The summed E-state index contributed by atoms with van der Waals surface area (Å²) in [5.74, 6) is 1.83. The molecule has 0 nitrogen and oxygen atoms in total. The summed E-state index contributed by atoms with van der Waals surface area (Å²) in [6.07, 6.45) is 0. The highest BCUT2D eigenvalue weighted by molar-refractivity contribution is 8.49. The Bertz CT molecular complexity index is 363. The van der Waals surface area contributed by atoms with Crippen LogP contribution < -0.4 is 0 Å². The predicted molar refractivity (Wildman–Crippen MR) is 72.3 cm³/mol. The van der Waals surface area contributed by atoms with Gasteiger partial charge >= 0.3 is 10.2 Å². The van der Waals surface area contributed by atoms with Crippen molar-refractivity contribution in [2.24, 2.45) is 0 Å². The number of hydrogen-bond donors (Lipinski definition) is 0. The first kappa shape index (κ1) is 17.8. The quantitative estimate of drug-likeness (QED) is 0.337. The van der Waals surface area contributed by atoms with Crippen molar-refractivity contribution < 1.29 is 19.4 Å². The van der Waals surface area contributed by atoms with Gasteiger partial charge in [-0.3, -0.25) is 0 Å². The van der Waals surface area contributed by atoms with Gasteiger partial charge < -0.3 is 0 Å². The molecule has 0 aromatic carbocycles. The Morgan fingerprint density at radius 1 is 0.889 bits per heavy atom. The summed E-state index contributed by atoms with van der Waals surface area (Å²) in [5.41, 5.74) is 0.403. The minimum Gasteiger partial charge on any atom is -0.0873 e. The lowest BCUT2D eigenvalue weighted by Gasteiger charge is -2.37. The molecule has 0 N–H and O–H groups in total. The predicted octanol–water partition coefficient (Wildman–Crippen LogP) is 6.07. The average Bonchev–Trinajstić information content (AvgIpc) is 1.94. The van der Waals surface area contributed by atoms with Crippen molar-refractivity contribution in [2.75, 3.05) is 0 Å². The van der Waals surface area contributed by atoms with E-state index in [1.807, 2.05) is 33.6 Å². The Morgan fingerprint density at radius 3 is 1.44 bits per heavy atom. The van der Waals surface area contributed by atoms with Gasteiger partial charge in [-0.2, -0.15) is 0 Å². The third kappa shape index (κ3) is 6.64. The van der Waals surface area contributed by atoms with Gasteiger partial charge in [0, 0.05) is 5.04 Å². The van der Waals surface area contributed by atoms with E-state index < -0.39 is 24.1 Å². The van der Waals surface area contributed by atoms with Crippen molar-refractivity contribution in [1.29, 1.82) is 0 Å². The summed E-state index contributed by atoms with van der Waals surface area (Å²) in [7, 11) is -11.3. The van der Waals surface area contributed by atoms with Crippen molar-refractivity contribution >= 4 is 19.0 Å². The maximum atomic E-state index is 12.3. The molecule has 0 saturated heterocycles. The Balaban J connectivity index is 5.52. The molecule has 0 rings (SSSR count). The van der Waals surface area contributed by atoms with Crippen molar-refractivity contribution in [2.45, 2.75) is 57.7 Å². The van der Waals surface area contributed by atoms with Crippen LogP contribution in [0.25, 0.3) is 0 Å². The molecular weight excluding hydrogens is 287 g/mol. The van der Waals surface area contributed by atoms with E-state index in [0.717, 1.165) is 0 Å². The summed E-state index contributed by atoms with van der Waals surface area (Å²) in [6.45, 7) is 10.8. The fraction of sp³-hybridized carbons (Fsp3) is 0.818. The zero-order chi connectivity index (χ0) is 15.1. The van der Waals surface area contributed by atoms with Crippen LogP contribution in [-0.4, -0.2) is 8.80 Å². The Kier molecular flexibility index (Phi) is 4.08. The molecule has 0 spiro atoms. The summed E-state index contributed by atoms with van der Waals surface area (Å²) < 4.78 is 61.3. The Morgan fingerprint density at radius 2 is 1.22 bits per heavy atom. The zero-order valence-electron chi connectivity index (χ0n) is 11.5. The third-order valence-electron chi connectivity index (χ3n) is 2.84. The van der Waals surface area contributed by atoms with E-state index in [4.69, 9.17) is 0 Å². The second kappa shape index (κ2) is 4.14. The fourth-order valence-corrected chi connectivity index (χ4v) is 8.42. The monoisotopic (exact) mass is 308 g/mol. The van der Waals surface area contributed by atoms with Gasteiger partial charge in [0.25, 0.3) is 0 Å². The number of hydrogen-bond acceptors (Lipinski definition) is 0. The van der Waals surface area contributed by atoms with Crippen LogP contribution in [0.3, 0.4) is 0 Å². The molecule has 0 amide bonds. The SMILES string of the molecule is CC(C)[SiH](C(C)C)C(C)(C)C#CS(F)(F)(F)(F)F. The molecule has 18 heavy (non-hydrogen) atoms. The molecular formula is C11H21F5SSi. The fourth-order valence-electron chi connectivity index (χ4n) is 2.75. The molecule has 0 atom stereocenters. The first-order chi connectivity index (χ1) is 7.45. The van der Waals surface area contributed by atoms with Gasteiger partial charge in [0.1, 0.15) is 0 Å². The Labute approximate surface area is 108 Å². The van der Waals surface area contributed by atoms with Gasteiger partial charge in [0.05, 0.1) is 14.0 Å². The minimum absolute atomic E-state index is 0.202. The smallest absolute Gasteiger partial charge is 0.0873 e. The first-order valence-electron chi connectivity index (χ1n) is 5.74. The number of rotatable bonds is 3. The van der Waals surface area contributed by atoms with Gasteiger partial charge in [0.2, 0.25) is 0 Å². The highest BCUT2D eigenvalue weighted by atomic mass is 32.5. The van der Waals surface area contributed by atoms with Crippen molar-refractivity contribution in [1.82, 2.24) is 0 Å². The standard InChI is InChI=1S/C11H21F5SSi/c1-9(2)18(10(3)4)11(5,6)7-8-17(12,13,14,15)16/h9-10,18H,1-6H3. The molecule has 0 unspecified atom stereocenters. The van der Waals surface area contributed by atoms with Crippen LogP contribution in [0.15, 0.2) is 0 Å². The molecule has 0 bridgehead atoms. The Hall–Kier alpha value is -0.223. The summed E-state index contributed by atoms with van der Waals surface area (Å²) in [6, 6.07) is 0. The lowest BCUT2D eigenvalue weighted by Crippen LogP contribution is -2.33. The van der Waals surface area contributed by atoms with Crippen molar-refractivity contribution in [3.05, 3.63) is 0 Å². The average molecular weight is 308 g/mol. The molecule has 7 heteroatoms. The summed E-state index contributed by atoms with van der Waals surface area (Å²) >= 11 is 0. The highest BCUT2D eigenvalue weighted by Gasteiger charge is 2.62. The zero-order valence-corrected chi connectivity index (χ0v) is 13.5. The first-order valence-corrected chi connectivity index (χ1v) is 9.60. The van der Waals surface area contributed by atoms with Crippen molar-refractivity contribution in [3.63, 3.8) is 0 Å². The normalized spacial score (nSPS) is 17.4. The molecule has 0 aliphatic heterocycles. The molecule has 0 aliphatic rings. The van der Waals surface area contributed by atoms with E-state index in [-0.39, 0.29) is 11.1 Å². The van der Waals surface area contributed by atoms with Gasteiger partial charge in [-0.15, -0.1) is 0 Å². The van der Waals surface area contributed by atoms with E-state index in [0.29, 0.717) is 5.25 Å². The summed E-state index contributed by atoms with van der Waals surface area (Å²) in [5, 5.41) is -0.600. The third-order valence-corrected chi connectivity index (χ3v) is 8.01. The van der Waals surface area contributed by atoms with Gasteiger partial charge in [-0.1, -0.05) is 78.0 Å². The van der Waals surface area contributed by atoms with Crippen molar-refractivity contribution in [3.8, 4) is 11.2 Å². The molecule has 0 radical (unpaired) electrons. The topological polar surface area (TPSA) is 0 Å². The van der Waals surface area contributed by atoms with Crippen LogP contribution >= 0.6 is 10.2 Å². The van der Waals surface area contributed by atoms with Crippen LogP contribution in [0.5, 0.6) is 0 Å². The van der Waals surface area contributed by atoms with Gasteiger partial charge in [-0.25, -0.2) is 0 Å². The molecule has 0 aliphatic carbocycles. The van der Waals surface area contributed by atoms with E-state index in [2.05, 4.69) is 0 Å². The maximum absolute atomic E-state index is 12.3. The van der Waals surface area contributed by atoms with Crippen LogP contribution in [0, 0.1) is 11.2 Å². The van der Waals surface area contributed by atoms with Crippen LogP contribution in [0.4, 0.5) is 19.4 Å². The lowest BCUT2D eigenvalue weighted by atomic mass is 10.2. The minimum atomic E-state index is -9.62.